The van der Waals surface area contributed by atoms with Crippen LogP contribution in [0.5, 0.6) is 0 Å². The van der Waals surface area contributed by atoms with Crippen molar-refractivity contribution in [3.63, 3.8) is 0 Å². The molecule has 6 heteroatoms. The molecule has 0 bridgehead atoms. The summed E-state index contributed by atoms with van der Waals surface area (Å²) in [5.41, 5.74) is 2.63. The van der Waals surface area contributed by atoms with Gasteiger partial charge in [0.2, 0.25) is 0 Å². The monoisotopic (exact) mass is 352 g/mol. The number of benzene rings is 1. The molecule has 3 rings (SSSR count). The molecule has 0 amide bonds. The minimum atomic E-state index is -0.928. The molecule has 2 aromatic heterocycles. The number of hydrogen-bond acceptors (Lipinski definition) is 3. The Hall–Kier alpha value is -3.28. The van der Waals surface area contributed by atoms with Gasteiger partial charge in [-0.3, -0.25) is 9.38 Å². The maximum atomic E-state index is 13.8. The first-order chi connectivity index (χ1) is 12.6. The van der Waals surface area contributed by atoms with E-state index in [2.05, 4.69) is 15.3 Å². The van der Waals surface area contributed by atoms with Crippen molar-refractivity contribution in [3.05, 3.63) is 84.5 Å². The molecule has 0 aliphatic heterocycles. The van der Waals surface area contributed by atoms with E-state index < -0.39 is 11.7 Å². The second kappa shape index (κ2) is 7.74. The van der Waals surface area contributed by atoms with Gasteiger partial charge in [-0.15, -0.1) is 0 Å². The first-order valence-corrected chi connectivity index (χ1v) is 8.11. The largest absolute Gasteiger partial charge is 0.339 e. The number of anilines is 1. The predicted molar refractivity (Wildman–Crippen MR) is 99.9 cm³/mol. The van der Waals surface area contributed by atoms with Crippen molar-refractivity contribution in [1.29, 1.82) is 0 Å². The number of nitrogens with zero attached hydrogens (tertiary/aromatic N) is 3. The van der Waals surface area contributed by atoms with Gasteiger partial charge in [0.15, 0.2) is 11.5 Å². The van der Waals surface area contributed by atoms with E-state index in [9.17, 15) is 8.78 Å². The van der Waals surface area contributed by atoms with Crippen LogP contribution in [0.4, 0.5) is 14.6 Å². The molecule has 1 N–H and O–H groups in total. The van der Waals surface area contributed by atoms with Gasteiger partial charge in [-0.1, -0.05) is 36.4 Å². The summed E-state index contributed by atoms with van der Waals surface area (Å²) in [5.74, 6) is -1.16. The zero-order chi connectivity index (χ0) is 18.5. The summed E-state index contributed by atoms with van der Waals surface area (Å²) in [5, 5.41) is 3.16. The summed E-state index contributed by atoms with van der Waals surface area (Å²) in [6.45, 7) is 2.88. The molecule has 26 heavy (non-hydrogen) atoms. The molecule has 132 valence electrons. The Balaban J connectivity index is 2.15. The lowest BCUT2D eigenvalue weighted by molar-refractivity contribution is 0.555. The molecule has 1 aromatic carbocycles. The van der Waals surface area contributed by atoms with Crippen LogP contribution in [-0.2, 0) is 0 Å². The van der Waals surface area contributed by atoms with Gasteiger partial charge in [0.1, 0.15) is 17.3 Å². The molecular weight excluding hydrogens is 334 g/mol. The van der Waals surface area contributed by atoms with E-state index in [-0.39, 0.29) is 0 Å². The van der Waals surface area contributed by atoms with Crippen molar-refractivity contribution >= 4 is 11.5 Å². The van der Waals surface area contributed by atoms with E-state index in [4.69, 9.17) is 0 Å². The van der Waals surface area contributed by atoms with E-state index in [1.54, 1.807) is 37.7 Å². The number of hydrogen-bond donors (Lipinski definition) is 1. The number of rotatable bonds is 5. The molecule has 0 aliphatic carbocycles. The van der Waals surface area contributed by atoms with Gasteiger partial charge in [-0.2, -0.15) is 0 Å². The summed E-state index contributed by atoms with van der Waals surface area (Å²) >= 11 is 0. The highest BCUT2D eigenvalue weighted by Gasteiger charge is 2.15. The Kier molecular flexibility index (Phi) is 5.22. The highest BCUT2D eigenvalue weighted by molar-refractivity contribution is 5.77. The molecule has 4 nitrogen and oxygen atoms in total. The molecule has 2 heterocycles. The van der Waals surface area contributed by atoms with Crippen molar-refractivity contribution < 1.29 is 8.78 Å². The van der Waals surface area contributed by atoms with Crippen LogP contribution in [0.25, 0.3) is 16.9 Å². The van der Waals surface area contributed by atoms with Gasteiger partial charge in [0.25, 0.3) is 0 Å². The van der Waals surface area contributed by atoms with Gasteiger partial charge in [0.05, 0.1) is 6.20 Å². The fraction of sp³-hybridized carbons (Fsp3) is 0.100. The summed E-state index contributed by atoms with van der Waals surface area (Å²) < 4.78 is 28.8. The lowest BCUT2D eigenvalue weighted by atomic mass is 10.1. The number of nitrogens with one attached hydrogen (secondary N) is 1. The third kappa shape index (κ3) is 3.69. The van der Waals surface area contributed by atoms with Crippen molar-refractivity contribution in [1.82, 2.24) is 14.4 Å². The lowest BCUT2D eigenvalue weighted by Gasteiger charge is -2.10. The zero-order valence-electron chi connectivity index (χ0n) is 14.4. The van der Waals surface area contributed by atoms with Crippen LogP contribution in [-0.4, -0.2) is 14.4 Å². The second-order valence-electron chi connectivity index (χ2n) is 5.59. The average Bonchev–Trinajstić information content (AvgIpc) is 3.01. The van der Waals surface area contributed by atoms with Gasteiger partial charge in [-0.05, 0) is 19.9 Å². The van der Waals surface area contributed by atoms with Crippen molar-refractivity contribution in [2.45, 2.75) is 13.8 Å². The number of fused-ring (bicyclic) bond motifs is 1. The van der Waals surface area contributed by atoms with E-state index in [1.807, 2.05) is 34.7 Å². The Bertz CT molecular complexity index is 997. The Morgan fingerprint density at radius 1 is 1.19 bits per heavy atom. The molecule has 0 radical (unpaired) electrons. The minimum absolute atomic E-state index is 0.401. The number of halogens is 2. The summed E-state index contributed by atoms with van der Waals surface area (Å²) in [6, 6.07) is 9.62. The lowest BCUT2D eigenvalue weighted by Crippen LogP contribution is -2.02. The topological polar surface area (TPSA) is 42.2 Å². The van der Waals surface area contributed by atoms with Crippen molar-refractivity contribution in [3.8, 4) is 11.3 Å². The fourth-order valence-corrected chi connectivity index (χ4v) is 2.50. The van der Waals surface area contributed by atoms with Gasteiger partial charge < -0.3 is 5.32 Å². The zero-order valence-corrected chi connectivity index (χ0v) is 14.4. The Labute approximate surface area is 150 Å². The molecular formula is C20H18F2N4. The van der Waals surface area contributed by atoms with Gasteiger partial charge in [-0.25, -0.2) is 13.8 Å². The van der Waals surface area contributed by atoms with Gasteiger partial charge >= 0.3 is 0 Å². The number of allylic oxidation sites excluding steroid dienone is 5. The molecule has 0 spiro atoms. The third-order valence-corrected chi connectivity index (χ3v) is 3.70. The van der Waals surface area contributed by atoms with Crippen LogP contribution in [0.1, 0.15) is 13.8 Å². The minimum Gasteiger partial charge on any atom is -0.339 e. The second-order valence-corrected chi connectivity index (χ2v) is 5.59. The molecule has 0 unspecified atom stereocenters. The van der Waals surface area contributed by atoms with E-state index in [0.29, 0.717) is 22.9 Å². The highest BCUT2D eigenvalue weighted by Crippen LogP contribution is 2.29. The predicted octanol–water partition coefficient (Wildman–Crippen LogP) is 5.44. The van der Waals surface area contributed by atoms with E-state index >= 15 is 0 Å². The van der Waals surface area contributed by atoms with E-state index in [0.717, 1.165) is 18.6 Å². The summed E-state index contributed by atoms with van der Waals surface area (Å²) in [6.07, 6.45) is 9.56. The normalized spacial score (nSPS) is 13.3. The van der Waals surface area contributed by atoms with Crippen molar-refractivity contribution in [2.75, 3.05) is 5.32 Å². The quantitative estimate of drug-likeness (QED) is 0.622. The third-order valence-electron chi connectivity index (χ3n) is 3.70. The average molecular weight is 352 g/mol. The fourth-order valence-electron chi connectivity index (χ4n) is 2.50. The summed E-state index contributed by atoms with van der Waals surface area (Å²) in [4.78, 5) is 8.71. The molecule has 0 aliphatic rings. The maximum absolute atomic E-state index is 13.8. The molecule has 0 saturated heterocycles. The van der Waals surface area contributed by atoms with Crippen LogP contribution in [0.2, 0.25) is 0 Å². The Morgan fingerprint density at radius 2 is 1.96 bits per heavy atom. The number of imidazole rings is 1. The van der Waals surface area contributed by atoms with Crippen LogP contribution >= 0.6 is 0 Å². The molecule has 0 atom stereocenters. The Morgan fingerprint density at radius 3 is 2.65 bits per heavy atom. The van der Waals surface area contributed by atoms with Crippen LogP contribution in [0.15, 0.2) is 84.5 Å². The van der Waals surface area contributed by atoms with Gasteiger partial charge in [0, 0.05) is 29.7 Å². The molecule has 0 fully saturated rings. The van der Waals surface area contributed by atoms with E-state index in [1.165, 1.54) is 0 Å². The molecule has 3 aromatic rings. The van der Waals surface area contributed by atoms with Crippen LogP contribution in [0.3, 0.4) is 0 Å². The SMILES string of the molecule is C\C=C/C(=C\C(F)=C(/C)F)Nc1c(-c2ccccc2)nc2cnccn12. The highest BCUT2D eigenvalue weighted by atomic mass is 19.2. The molecule has 0 saturated carbocycles. The maximum Gasteiger partial charge on any atom is 0.157 e. The smallest absolute Gasteiger partial charge is 0.157 e. The van der Waals surface area contributed by atoms with Crippen molar-refractivity contribution in [2.24, 2.45) is 0 Å². The van der Waals surface area contributed by atoms with Crippen LogP contribution in [0, 0.1) is 0 Å². The first-order valence-electron chi connectivity index (χ1n) is 8.11. The van der Waals surface area contributed by atoms with Crippen LogP contribution < -0.4 is 5.32 Å². The standard InChI is InChI=1S/C20H18F2N4/c1-3-7-16(12-17(22)14(2)21)24-20-19(15-8-5-4-6-9-15)25-18-13-23-10-11-26(18)20/h3-13,24H,1-2H3/b7-3-,16-12+,17-14-. The number of aromatic nitrogens is 3. The first kappa shape index (κ1) is 17.5. The summed E-state index contributed by atoms with van der Waals surface area (Å²) in [7, 11) is 0.